The van der Waals surface area contributed by atoms with Gasteiger partial charge in [-0.1, -0.05) is 79.8 Å². The first-order valence-electron chi connectivity index (χ1n) is 12.9. The van der Waals surface area contributed by atoms with Crippen LogP contribution in [0, 0.1) is 17.3 Å². The topological polar surface area (TPSA) is 32.5 Å². The Morgan fingerprint density at radius 1 is 1.03 bits per heavy atom. The van der Waals surface area contributed by atoms with Crippen LogP contribution in [-0.2, 0) is 6.42 Å². The molecule has 1 fully saturated rings. The van der Waals surface area contributed by atoms with Crippen LogP contribution in [0.4, 0.5) is 17.1 Å². The fourth-order valence-electron chi connectivity index (χ4n) is 6.95. The van der Waals surface area contributed by atoms with E-state index in [1.54, 1.807) is 0 Å². The van der Waals surface area contributed by atoms with Crippen LogP contribution in [0.2, 0.25) is 0 Å². The van der Waals surface area contributed by atoms with Crippen LogP contribution < -0.4 is 15.5 Å². The van der Waals surface area contributed by atoms with E-state index in [0.717, 1.165) is 24.1 Å². The Bertz CT molecular complexity index is 1250. The summed E-state index contributed by atoms with van der Waals surface area (Å²) >= 11 is 0. The molecule has 2 N–H and O–H groups in total. The second kappa shape index (κ2) is 8.27. The quantitative estimate of drug-likeness (QED) is 0.384. The molecule has 2 aromatic carbocycles. The van der Waals surface area contributed by atoms with E-state index >= 15 is 0 Å². The molecule has 3 aliphatic rings. The van der Waals surface area contributed by atoms with Gasteiger partial charge in [0.05, 0.1) is 11.4 Å². The Kier molecular flexibility index (Phi) is 5.60. The number of rotatable bonds is 4. The van der Waals surface area contributed by atoms with Gasteiger partial charge < -0.3 is 15.5 Å². The molecule has 1 aliphatic carbocycles. The van der Waals surface area contributed by atoms with Crippen molar-refractivity contribution in [2.45, 2.75) is 52.7 Å². The third kappa shape index (κ3) is 3.21. The number of anilines is 3. The van der Waals surface area contributed by atoms with Crippen molar-refractivity contribution >= 4 is 17.1 Å². The van der Waals surface area contributed by atoms with Crippen molar-refractivity contribution in [1.29, 1.82) is 0 Å². The third-order valence-electron chi connectivity index (χ3n) is 9.25. The van der Waals surface area contributed by atoms with Crippen molar-refractivity contribution < 1.29 is 0 Å². The zero-order chi connectivity index (χ0) is 25.1. The van der Waals surface area contributed by atoms with E-state index in [2.05, 4.69) is 117 Å². The second-order valence-corrected chi connectivity index (χ2v) is 11.0. The first-order chi connectivity index (χ1) is 16.6. The average molecular weight is 466 g/mol. The molecule has 0 spiro atoms. The van der Waals surface area contributed by atoms with Gasteiger partial charge in [0, 0.05) is 35.0 Å². The molecular weight excluding hydrogens is 426 g/mol. The molecule has 2 aliphatic heterocycles. The van der Waals surface area contributed by atoms with Crippen molar-refractivity contribution in [1.82, 2.24) is 0 Å². The lowest BCUT2D eigenvalue weighted by atomic mass is 9.40. The molecule has 35 heavy (non-hydrogen) atoms. The Balaban J connectivity index is 1.75. The van der Waals surface area contributed by atoms with Crippen LogP contribution in [0.1, 0.15) is 40.2 Å². The Morgan fingerprint density at radius 2 is 1.66 bits per heavy atom. The molecule has 0 bridgehead atoms. The van der Waals surface area contributed by atoms with Gasteiger partial charge in [-0.25, -0.2) is 0 Å². The molecule has 5 atom stereocenters. The molecule has 3 heteroatoms. The molecule has 182 valence electrons. The maximum atomic E-state index is 7.28. The zero-order valence-corrected chi connectivity index (χ0v) is 21.9. The third-order valence-corrected chi connectivity index (χ3v) is 9.25. The molecule has 0 aromatic heterocycles. The van der Waals surface area contributed by atoms with E-state index in [-0.39, 0.29) is 23.0 Å². The maximum absolute atomic E-state index is 7.28. The van der Waals surface area contributed by atoms with E-state index < -0.39 is 0 Å². The molecule has 0 saturated heterocycles. The average Bonchev–Trinajstić information content (AvgIpc) is 3.18. The fraction of sp³-hybridized carbons (Fsp3) is 0.375. The van der Waals surface area contributed by atoms with Crippen LogP contribution in [0.5, 0.6) is 0 Å². The monoisotopic (exact) mass is 465 g/mol. The van der Waals surface area contributed by atoms with Crippen LogP contribution in [0.25, 0.3) is 0 Å². The van der Waals surface area contributed by atoms with E-state index in [1.165, 1.54) is 28.2 Å². The normalized spacial score (nSPS) is 32.2. The van der Waals surface area contributed by atoms with Crippen LogP contribution in [-0.4, -0.2) is 18.2 Å². The van der Waals surface area contributed by atoms with Crippen LogP contribution in [0.3, 0.4) is 0 Å². The number of para-hydroxylation sites is 3. The highest BCUT2D eigenvalue weighted by Crippen LogP contribution is 2.66. The second-order valence-electron chi connectivity index (χ2n) is 11.0. The maximum Gasteiger partial charge on any atom is 0.111 e. The van der Waals surface area contributed by atoms with Gasteiger partial charge in [-0.05, 0) is 63.5 Å². The van der Waals surface area contributed by atoms with Gasteiger partial charge in [-0.2, -0.15) is 0 Å². The number of hydrogen-bond donors (Lipinski definition) is 1. The SMILES string of the molecule is C=C(C)C(=C)/C=C(\C)C1(C)C2C3N(CC)c4ccccc4N3c3ccccc3C/C=C\C2C1(C)N. The van der Waals surface area contributed by atoms with E-state index in [1.807, 2.05) is 6.92 Å². The zero-order valence-electron chi connectivity index (χ0n) is 21.9. The molecule has 3 nitrogen and oxygen atoms in total. The number of benzene rings is 2. The van der Waals surface area contributed by atoms with Crippen molar-refractivity contribution in [3.8, 4) is 0 Å². The van der Waals surface area contributed by atoms with Crippen molar-refractivity contribution in [3.05, 3.63) is 102 Å². The highest BCUT2D eigenvalue weighted by molar-refractivity contribution is 5.85. The summed E-state index contributed by atoms with van der Waals surface area (Å²) in [5.41, 5.74) is 15.2. The smallest absolute Gasteiger partial charge is 0.111 e. The van der Waals surface area contributed by atoms with Gasteiger partial charge in [-0.3, -0.25) is 0 Å². The molecule has 5 rings (SSSR count). The van der Waals surface area contributed by atoms with Crippen LogP contribution >= 0.6 is 0 Å². The lowest BCUT2D eigenvalue weighted by Crippen LogP contribution is -2.77. The summed E-state index contributed by atoms with van der Waals surface area (Å²) in [6, 6.07) is 17.7. The molecule has 2 aromatic rings. The lowest BCUT2D eigenvalue weighted by molar-refractivity contribution is -0.0831. The predicted molar refractivity (Wildman–Crippen MR) is 150 cm³/mol. The van der Waals surface area contributed by atoms with Crippen LogP contribution in [0.15, 0.2) is 96.6 Å². The Labute approximate surface area is 211 Å². The molecule has 2 heterocycles. The van der Waals surface area contributed by atoms with Crippen molar-refractivity contribution in [2.24, 2.45) is 23.0 Å². The van der Waals surface area contributed by atoms with E-state index in [4.69, 9.17) is 5.73 Å². The standard InChI is InChI=1S/C32H39N3/c1-8-34-27-18-11-12-19-28(27)35-26-17-10-9-14-24(26)15-13-16-25-29(30(34)35)31(6,32(25,7)33)23(5)20-22(4)21(2)3/h9-14,16-20,25,29-30H,2,4,8,15,33H2,1,3,5-7H3/b16-13-,23-20+. The van der Waals surface area contributed by atoms with Gasteiger partial charge in [0.2, 0.25) is 0 Å². The first kappa shape index (κ1) is 23.7. The molecule has 5 unspecified atom stereocenters. The number of fused-ring (bicyclic) bond motifs is 7. The minimum Gasteiger partial charge on any atom is -0.349 e. The fourth-order valence-corrected chi connectivity index (χ4v) is 6.95. The highest BCUT2D eigenvalue weighted by atomic mass is 15.4. The summed E-state index contributed by atoms with van der Waals surface area (Å²) in [5.74, 6) is 0.542. The summed E-state index contributed by atoms with van der Waals surface area (Å²) < 4.78 is 0. The molecule has 1 saturated carbocycles. The number of nitrogens with zero attached hydrogens (tertiary/aromatic N) is 2. The highest BCUT2D eigenvalue weighted by Gasteiger charge is 2.69. The van der Waals surface area contributed by atoms with Crippen molar-refractivity contribution in [3.63, 3.8) is 0 Å². The largest absolute Gasteiger partial charge is 0.349 e. The van der Waals surface area contributed by atoms with Gasteiger partial charge in [0.1, 0.15) is 6.17 Å². The Hall–Kier alpha value is -3.04. The summed E-state index contributed by atoms with van der Waals surface area (Å²) in [4.78, 5) is 5.20. The summed E-state index contributed by atoms with van der Waals surface area (Å²) in [5, 5.41) is 0. The molecule has 0 amide bonds. The summed E-state index contributed by atoms with van der Waals surface area (Å²) in [6.45, 7) is 20.5. The van der Waals surface area contributed by atoms with Gasteiger partial charge in [0.15, 0.2) is 0 Å². The number of hydrogen-bond acceptors (Lipinski definition) is 3. The number of nitrogens with two attached hydrogens (primary N) is 1. The van der Waals surface area contributed by atoms with Gasteiger partial charge >= 0.3 is 0 Å². The molecular formula is C32H39N3. The summed E-state index contributed by atoms with van der Waals surface area (Å²) in [6.07, 6.45) is 8.04. The number of allylic oxidation sites excluding steroid dienone is 4. The van der Waals surface area contributed by atoms with E-state index in [0.29, 0.717) is 5.92 Å². The minimum absolute atomic E-state index is 0.161. The van der Waals surface area contributed by atoms with Gasteiger partial charge in [0.25, 0.3) is 0 Å². The summed E-state index contributed by atoms with van der Waals surface area (Å²) in [7, 11) is 0. The molecule has 0 radical (unpaired) electrons. The Morgan fingerprint density at radius 3 is 2.31 bits per heavy atom. The van der Waals surface area contributed by atoms with E-state index in [9.17, 15) is 0 Å². The predicted octanol–water partition coefficient (Wildman–Crippen LogP) is 7.15. The van der Waals surface area contributed by atoms with Crippen molar-refractivity contribution in [2.75, 3.05) is 16.3 Å². The minimum atomic E-state index is -0.388. The first-order valence-corrected chi connectivity index (χ1v) is 12.9. The lowest BCUT2D eigenvalue weighted by Gasteiger charge is -2.68. The van der Waals surface area contributed by atoms with Gasteiger partial charge in [-0.15, -0.1) is 0 Å².